The molecule has 0 amide bonds. The first-order chi connectivity index (χ1) is 8.31. The normalized spacial score (nSPS) is 11.4. The average molecular weight is 250 g/mol. The van der Waals surface area contributed by atoms with Crippen LogP contribution in [-0.2, 0) is 6.42 Å². The molecule has 0 aliphatic carbocycles. The molecule has 0 saturated carbocycles. The van der Waals surface area contributed by atoms with Crippen LogP contribution in [0.15, 0.2) is 36.2 Å². The lowest BCUT2D eigenvalue weighted by Crippen LogP contribution is -2.14. The first-order valence-corrected chi connectivity index (χ1v) is 5.46. The molecule has 0 radical (unpaired) electrons. The molecule has 1 aromatic carbocycles. The number of benzene rings is 1. The van der Waals surface area contributed by atoms with Gasteiger partial charge in [-0.25, -0.2) is 8.78 Å². The number of allylic oxidation sites excluding steroid dienone is 3. The van der Waals surface area contributed by atoms with E-state index in [0.717, 1.165) is 16.7 Å². The summed E-state index contributed by atoms with van der Waals surface area (Å²) in [6.07, 6.45) is 1.75. The number of halogens is 2. The van der Waals surface area contributed by atoms with Crippen molar-refractivity contribution in [1.82, 2.24) is 0 Å². The molecule has 0 spiro atoms. The van der Waals surface area contributed by atoms with Gasteiger partial charge < -0.3 is 5.73 Å². The number of amidine groups is 1. The first kappa shape index (κ1) is 14.1. The smallest absolute Gasteiger partial charge is 0.134 e. The first-order valence-electron chi connectivity index (χ1n) is 5.46. The van der Waals surface area contributed by atoms with Crippen molar-refractivity contribution in [1.29, 1.82) is 5.41 Å². The van der Waals surface area contributed by atoms with Crippen molar-refractivity contribution in [3.8, 4) is 0 Å². The Morgan fingerprint density at radius 3 is 2.61 bits per heavy atom. The third-order valence-corrected chi connectivity index (χ3v) is 2.59. The molecule has 4 heteroatoms. The van der Waals surface area contributed by atoms with E-state index >= 15 is 0 Å². The Kier molecular flexibility index (Phi) is 4.37. The number of rotatable bonds is 4. The van der Waals surface area contributed by atoms with E-state index in [1.165, 1.54) is 18.2 Å². The second-order valence-corrected chi connectivity index (χ2v) is 4.29. The average Bonchev–Trinajstić information content (AvgIpc) is 2.21. The van der Waals surface area contributed by atoms with Crippen LogP contribution in [0.3, 0.4) is 0 Å². The van der Waals surface area contributed by atoms with E-state index < -0.39 is 11.6 Å². The Morgan fingerprint density at radius 2 is 2.11 bits per heavy atom. The number of hydrogen-bond acceptors (Lipinski definition) is 1. The Hall–Kier alpha value is -1.97. The zero-order chi connectivity index (χ0) is 13.9. The summed E-state index contributed by atoms with van der Waals surface area (Å²) in [5, 5.41) is 7.24. The Balaban J connectivity index is 3.09. The van der Waals surface area contributed by atoms with Crippen molar-refractivity contribution in [2.24, 2.45) is 5.73 Å². The van der Waals surface area contributed by atoms with Crippen LogP contribution in [0.1, 0.15) is 23.6 Å². The minimum atomic E-state index is -0.532. The Morgan fingerprint density at radius 1 is 1.50 bits per heavy atom. The summed E-state index contributed by atoms with van der Waals surface area (Å²) < 4.78 is 26.3. The van der Waals surface area contributed by atoms with Crippen LogP contribution in [0.5, 0.6) is 0 Å². The standard InChI is InChI=1S/C14H16F2N2/c1-8(4-10(3)15)5-11-7-13(16)12(14(17)18)6-9(11)2/h4,6-7H,3,5H2,1-2H3,(H3,17,18). The maximum absolute atomic E-state index is 13.7. The fourth-order valence-electron chi connectivity index (χ4n) is 1.74. The number of nitrogens with two attached hydrogens (primary N) is 1. The molecule has 0 aliphatic rings. The topological polar surface area (TPSA) is 49.9 Å². The molecule has 0 fully saturated rings. The highest BCUT2D eigenvalue weighted by molar-refractivity contribution is 5.95. The van der Waals surface area contributed by atoms with Crippen molar-refractivity contribution >= 4 is 5.84 Å². The summed E-state index contributed by atoms with van der Waals surface area (Å²) in [6.45, 7) is 6.71. The van der Waals surface area contributed by atoms with E-state index in [1.54, 1.807) is 13.8 Å². The van der Waals surface area contributed by atoms with E-state index in [1.807, 2.05) is 0 Å². The molecule has 2 nitrogen and oxygen atoms in total. The number of hydrogen-bond donors (Lipinski definition) is 2. The highest BCUT2D eigenvalue weighted by Gasteiger charge is 2.10. The lowest BCUT2D eigenvalue weighted by molar-refractivity contribution is 0.622. The summed E-state index contributed by atoms with van der Waals surface area (Å²) in [6, 6.07) is 2.87. The van der Waals surface area contributed by atoms with Crippen molar-refractivity contribution in [3.63, 3.8) is 0 Å². The minimum absolute atomic E-state index is 0.0905. The van der Waals surface area contributed by atoms with Gasteiger partial charge in [-0.2, -0.15) is 0 Å². The quantitative estimate of drug-likeness (QED) is 0.480. The fraction of sp³-hybridized carbons (Fsp3) is 0.214. The van der Waals surface area contributed by atoms with Crippen molar-refractivity contribution in [2.75, 3.05) is 0 Å². The Bertz CT molecular complexity index is 531. The number of aryl methyl sites for hydroxylation is 1. The van der Waals surface area contributed by atoms with Crippen LogP contribution in [0, 0.1) is 18.2 Å². The lowest BCUT2D eigenvalue weighted by Gasteiger charge is -2.09. The van der Waals surface area contributed by atoms with Gasteiger partial charge in [0.2, 0.25) is 0 Å². The van der Waals surface area contributed by atoms with Gasteiger partial charge in [0.25, 0.3) is 0 Å². The molecule has 0 bridgehead atoms. The highest BCUT2D eigenvalue weighted by Crippen LogP contribution is 2.19. The van der Waals surface area contributed by atoms with Gasteiger partial charge in [-0.15, -0.1) is 0 Å². The van der Waals surface area contributed by atoms with Crippen molar-refractivity contribution in [2.45, 2.75) is 20.3 Å². The predicted octanol–water partition coefficient (Wildman–Crippen LogP) is 3.39. The summed E-state index contributed by atoms with van der Waals surface area (Å²) in [5.41, 5.74) is 7.67. The van der Waals surface area contributed by atoms with Gasteiger partial charge in [0.05, 0.1) is 5.56 Å². The second kappa shape index (κ2) is 5.58. The molecular formula is C14H16F2N2. The minimum Gasteiger partial charge on any atom is -0.384 e. The van der Waals surface area contributed by atoms with Gasteiger partial charge in [0.15, 0.2) is 0 Å². The predicted molar refractivity (Wildman–Crippen MR) is 69.9 cm³/mol. The van der Waals surface area contributed by atoms with E-state index in [-0.39, 0.29) is 11.4 Å². The Labute approximate surface area is 105 Å². The summed E-state index contributed by atoms with van der Waals surface area (Å²) in [7, 11) is 0. The SMILES string of the molecule is C=C(F)C=C(C)Cc1cc(F)c(C(=N)N)cc1C. The molecule has 0 atom stereocenters. The molecule has 1 rings (SSSR count). The summed E-state index contributed by atoms with van der Waals surface area (Å²) in [4.78, 5) is 0. The molecule has 0 aromatic heterocycles. The highest BCUT2D eigenvalue weighted by atomic mass is 19.1. The molecule has 3 N–H and O–H groups in total. The van der Waals surface area contributed by atoms with Crippen LogP contribution in [0.2, 0.25) is 0 Å². The third-order valence-electron chi connectivity index (χ3n) is 2.59. The zero-order valence-corrected chi connectivity index (χ0v) is 10.5. The van der Waals surface area contributed by atoms with Crippen LogP contribution >= 0.6 is 0 Å². The zero-order valence-electron chi connectivity index (χ0n) is 10.5. The summed E-state index contributed by atoms with van der Waals surface area (Å²) in [5.74, 6) is -1.35. The van der Waals surface area contributed by atoms with Crippen LogP contribution in [-0.4, -0.2) is 5.84 Å². The van der Waals surface area contributed by atoms with E-state index in [9.17, 15) is 8.78 Å². The maximum atomic E-state index is 13.7. The van der Waals surface area contributed by atoms with Crippen LogP contribution < -0.4 is 5.73 Å². The summed E-state index contributed by atoms with van der Waals surface area (Å²) >= 11 is 0. The van der Waals surface area contributed by atoms with Gasteiger partial charge in [0.1, 0.15) is 17.5 Å². The fourth-order valence-corrected chi connectivity index (χ4v) is 1.74. The van der Waals surface area contributed by atoms with Crippen LogP contribution in [0.4, 0.5) is 8.78 Å². The largest absolute Gasteiger partial charge is 0.384 e. The van der Waals surface area contributed by atoms with Crippen LogP contribution in [0.25, 0.3) is 0 Å². The van der Waals surface area contributed by atoms with Gasteiger partial charge >= 0.3 is 0 Å². The van der Waals surface area contributed by atoms with E-state index in [4.69, 9.17) is 11.1 Å². The lowest BCUT2D eigenvalue weighted by atomic mass is 9.98. The van der Waals surface area contributed by atoms with Crippen molar-refractivity contribution < 1.29 is 8.78 Å². The van der Waals surface area contributed by atoms with Gasteiger partial charge in [0, 0.05) is 0 Å². The third kappa shape index (κ3) is 3.52. The monoisotopic (exact) mass is 250 g/mol. The second-order valence-electron chi connectivity index (χ2n) is 4.29. The van der Waals surface area contributed by atoms with E-state index in [0.29, 0.717) is 6.42 Å². The molecule has 0 aliphatic heterocycles. The molecule has 0 saturated heterocycles. The van der Waals surface area contributed by atoms with Crippen molar-refractivity contribution in [3.05, 3.63) is 58.7 Å². The van der Waals surface area contributed by atoms with Gasteiger partial charge in [-0.3, -0.25) is 5.41 Å². The van der Waals surface area contributed by atoms with Gasteiger partial charge in [-0.1, -0.05) is 12.2 Å². The number of nitrogen functional groups attached to an aromatic ring is 1. The molecule has 18 heavy (non-hydrogen) atoms. The molecule has 96 valence electrons. The van der Waals surface area contributed by atoms with E-state index in [2.05, 4.69) is 6.58 Å². The maximum Gasteiger partial charge on any atom is 0.134 e. The number of nitrogens with one attached hydrogen (secondary N) is 1. The molecule has 1 aromatic rings. The molecular weight excluding hydrogens is 234 g/mol. The van der Waals surface area contributed by atoms with Gasteiger partial charge in [-0.05, 0) is 49.6 Å². The molecule has 0 unspecified atom stereocenters. The molecule has 0 heterocycles.